The largest absolute Gasteiger partial charge is 0.496 e. The molecule has 2 nitrogen and oxygen atoms in total. The molecule has 0 radical (unpaired) electrons. The zero-order valence-electron chi connectivity index (χ0n) is 29.1. The number of fused-ring (bicyclic) bond motifs is 1. The average Bonchev–Trinajstić information content (AvgIpc) is 3.09. The second-order valence-electron chi connectivity index (χ2n) is 13.6. The van der Waals surface area contributed by atoms with Crippen molar-refractivity contribution in [2.75, 3.05) is 7.11 Å². The van der Waals surface area contributed by atoms with E-state index in [0.717, 1.165) is 35.3 Å². The molecule has 0 heterocycles. The van der Waals surface area contributed by atoms with Crippen molar-refractivity contribution < 1.29 is 9.84 Å². The van der Waals surface area contributed by atoms with E-state index in [1.165, 1.54) is 47.0 Å². The molecule has 1 atom stereocenters. The summed E-state index contributed by atoms with van der Waals surface area (Å²) in [4.78, 5) is 4.76. The van der Waals surface area contributed by atoms with Crippen LogP contribution in [0.4, 0.5) is 0 Å². The first-order valence-electron chi connectivity index (χ1n) is 17.2. The Hall–Kier alpha value is -3.96. The van der Waals surface area contributed by atoms with Gasteiger partial charge in [0.25, 0.3) is 0 Å². The fourth-order valence-electron chi connectivity index (χ4n) is 6.82. The van der Waals surface area contributed by atoms with Gasteiger partial charge < -0.3 is 9.84 Å². The third kappa shape index (κ3) is 8.44. The molecule has 0 spiro atoms. The summed E-state index contributed by atoms with van der Waals surface area (Å²) in [6.07, 6.45) is 1.79. The van der Waals surface area contributed by atoms with Crippen LogP contribution < -0.4 is 4.74 Å². The summed E-state index contributed by atoms with van der Waals surface area (Å²) in [5.74, 6) is 1.65. The number of methoxy groups -OCH3 is 1. The Morgan fingerprint density at radius 2 is 1.08 bits per heavy atom. The summed E-state index contributed by atoms with van der Waals surface area (Å²) in [6.45, 7) is 9.01. The van der Waals surface area contributed by atoms with Crippen LogP contribution in [0.2, 0.25) is 0 Å². The van der Waals surface area contributed by atoms with Crippen LogP contribution in [0.3, 0.4) is 0 Å². The van der Waals surface area contributed by atoms with Gasteiger partial charge in [0.05, 0.1) is 13.7 Å². The molecule has 0 aliphatic carbocycles. The molecule has 0 saturated carbocycles. The molecule has 0 fully saturated rings. The van der Waals surface area contributed by atoms with Gasteiger partial charge >= 0.3 is 0 Å². The number of ether oxygens (including phenoxy) is 1. The zero-order valence-corrected chi connectivity index (χ0v) is 30.8. The molecule has 4 heteroatoms. The molecule has 6 aromatic rings. The van der Waals surface area contributed by atoms with Crippen LogP contribution in [0.25, 0.3) is 10.8 Å². The van der Waals surface area contributed by atoms with Gasteiger partial charge in [-0.25, -0.2) is 0 Å². The molecule has 49 heavy (non-hydrogen) atoms. The maximum absolute atomic E-state index is 11.2. The van der Waals surface area contributed by atoms with Crippen molar-refractivity contribution in [3.8, 4) is 5.75 Å². The smallest absolute Gasteiger partial charge is 0.126 e. The first-order valence-corrected chi connectivity index (χ1v) is 18.9. The van der Waals surface area contributed by atoms with Crippen LogP contribution in [0.5, 0.6) is 5.75 Å². The highest BCUT2D eigenvalue weighted by Gasteiger charge is 2.28. The minimum Gasteiger partial charge on any atom is -0.496 e. The van der Waals surface area contributed by atoms with Gasteiger partial charge in [-0.05, 0) is 112 Å². The highest BCUT2D eigenvalue weighted by molar-refractivity contribution is 7.99. The Morgan fingerprint density at radius 1 is 0.551 bits per heavy atom. The number of hydrogen-bond donors (Lipinski definition) is 1. The number of aliphatic hydroxyl groups is 1. The molecule has 0 aliphatic heterocycles. The second kappa shape index (κ2) is 16.2. The molecule has 250 valence electrons. The Bertz CT molecular complexity index is 1890. The molecule has 0 aromatic heterocycles. The number of aliphatic hydroxyl groups excluding tert-OH is 1. The molecule has 0 aliphatic rings. The molecular weight excluding hydrogens is 637 g/mol. The van der Waals surface area contributed by atoms with E-state index in [2.05, 4.69) is 155 Å². The molecule has 1 unspecified atom stereocenters. The fraction of sp³-hybridized carbons (Fsp3) is 0.244. The van der Waals surface area contributed by atoms with Crippen molar-refractivity contribution in [2.24, 2.45) is 11.8 Å². The standard InChI is InChI=1S/C45H46O2S2/c1-30(2)22-35-25-39(48-37-16-8-6-9-17-37)27-41(43(35)29-46)44(34-21-20-32-14-12-13-15-33(32)24-34)42-28-40(49-38-18-10-7-11-19-38)26-36(23-31(3)4)45(42)47-5/h6-21,24-28,30-31,44,46H,22-23,29H2,1-5H3. The summed E-state index contributed by atoms with van der Waals surface area (Å²) < 4.78 is 6.41. The van der Waals surface area contributed by atoms with Crippen molar-refractivity contribution >= 4 is 34.3 Å². The monoisotopic (exact) mass is 682 g/mol. The van der Waals surface area contributed by atoms with Gasteiger partial charge in [-0.15, -0.1) is 0 Å². The molecular formula is C45H46O2S2. The number of hydrogen-bond acceptors (Lipinski definition) is 4. The Kier molecular flexibility index (Phi) is 11.5. The Morgan fingerprint density at radius 3 is 1.65 bits per heavy atom. The van der Waals surface area contributed by atoms with Crippen molar-refractivity contribution in [1.82, 2.24) is 0 Å². The van der Waals surface area contributed by atoms with Crippen LogP contribution in [-0.4, -0.2) is 12.2 Å². The first kappa shape index (κ1) is 34.9. The molecule has 0 saturated heterocycles. The van der Waals surface area contributed by atoms with Crippen molar-refractivity contribution in [3.63, 3.8) is 0 Å². The van der Waals surface area contributed by atoms with Crippen molar-refractivity contribution in [3.05, 3.63) is 161 Å². The van der Waals surface area contributed by atoms with Crippen LogP contribution in [0.15, 0.2) is 147 Å². The summed E-state index contributed by atoms with van der Waals surface area (Å²) in [7, 11) is 1.81. The van der Waals surface area contributed by atoms with E-state index in [-0.39, 0.29) is 12.5 Å². The molecule has 6 rings (SSSR count). The van der Waals surface area contributed by atoms with Crippen LogP contribution in [-0.2, 0) is 19.4 Å². The van der Waals surface area contributed by atoms with Crippen LogP contribution in [0, 0.1) is 11.8 Å². The third-order valence-electron chi connectivity index (χ3n) is 8.82. The first-order chi connectivity index (χ1) is 23.8. The molecule has 0 amide bonds. The minimum absolute atomic E-state index is 0.0304. The SMILES string of the molecule is COc1c(CC(C)C)cc(Sc2ccccc2)cc1C(c1ccc2ccccc2c1)c1cc(Sc2ccccc2)cc(CC(C)C)c1CO. The summed E-state index contributed by atoms with van der Waals surface area (Å²) in [5.41, 5.74) is 6.86. The minimum atomic E-state index is -0.175. The van der Waals surface area contributed by atoms with Crippen LogP contribution in [0.1, 0.15) is 67.0 Å². The van der Waals surface area contributed by atoms with Gasteiger partial charge in [0.1, 0.15) is 5.75 Å². The predicted molar refractivity (Wildman–Crippen MR) is 208 cm³/mol. The van der Waals surface area contributed by atoms with Crippen molar-refractivity contribution in [2.45, 2.75) is 72.6 Å². The maximum Gasteiger partial charge on any atom is 0.126 e. The summed E-state index contributed by atoms with van der Waals surface area (Å²) in [6, 6.07) is 45.8. The third-order valence-corrected chi connectivity index (χ3v) is 10.8. The van der Waals surface area contributed by atoms with E-state index in [9.17, 15) is 5.11 Å². The lowest BCUT2D eigenvalue weighted by molar-refractivity contribution is 0.278. The predicted octanol–water partition coefficient (Wildman–Crippen LogP) is 12.2. The Labute approximate surface area is 301 Å². The zero-order chi connectivity index (χ0) is 34.3. The van der Waals surface area contributed by atoms with Gasteiger partial charge in [0, 0.05) is 31.1 Å². The highest BCUT2D eigenvalue weighted by atomic mass is 32.2. The maximum atomic E-state index is 11.2. The van der Waals surface area contributed by atoms with Gasteiger partial charge in [-0.2, -0.15) is 0 Å². The lowest BCUT2D eigenvalue weighted by Gasteiger charge is -2.28. The topological polar surface area (TPSA) is 29.5 Å². The van der Waals surface area contributed by atoms with E-state index in [4.69, 9.17) is 4.74 Å². The van der Waals surface area contributed by atoms with E-state index >= 15 is 0 Å². The molecule has 1 N–H and O–H groups in total. The Balaban J connectivity index is 1.65. The van der Waals surface area contributed by atoms with Gasteiger partial charge in [0.15, 0.2) is 0 Å². The lowest BCUT2D eigenvalue weighted by Crippen LogP contribution is -2.13. The molecule has 0 bridgehead atoms. The van der Waals surface area contributed by atoms with Crippen LogP contribution >= 0.6 is 23.5 Å². The molecule has 6 aromatic carbocycles. The quantitative estimate of drug-likeness (QED) is 0.123. The number of benzene rings is 6. The normalized spacial score (nSPS) is 12.2. The lowest BCUT2D eigenvalue weighted by atomic mass is 9.79. The average molecular weight is 683 g/mol. The van der Waals surface area contributed by atoms with Gasteiger partial charge in [0.2, 0.25) is 0 Å². The fourth-order valence-corrected chi connectivity index (χ4v) is 8.72. The van der Waals surface area contributed by atoms with Gasteiger partial charge in [-0.3, -0.25) is 0 Å². The number of rotatable bonds is 13. The van der Waals surface area contributed by atoms with E-state index < -0.39 is 0 Å². The van der Waals surface area contributed by atoms with Crippen molar-refractivity contribution in [1.29, 1.82) is 0 Å². The summed E-state index contributed by atoms with van der Waals surface area (Å²) >= 11 is 3.57. The van der Waals surface area contributed by atoms with E-state index in [0.29, 0.717) is 11.8 Å². The van der Waals surface area contributed by atoms with E-state index in [1.807, 2.05) is 7.11 Å². The van der Waals surface area contributed by atoms with E-state index in [1.54, 1.807) is 23.5 Å². The highest BCUT2D eigenvalue weighted by Crippen LogP contribution is 2.46. The second-order valence-corrected chi connectivity index (χ2v) is 15.9. The summed E-state index contributed by atoms with van der Waals surface area (Å²) in [5, 5.41) is 13.6. The van der Waals surface area contributed by atoms with Gasteiger partial charge in [-0.1, -0.05) is 130 Å².